The summed E-state index contributed by atoms with van der Waals surface area (Å²) in [6, 6.07) is 6.21. The van der Waals surface area contributed by atoms with Crippen molar-refractivity contribution in [3.05, 3.63) is 53.6 Å². The molecule has 1 aliphatic heterocycles. The van der Waals surface area contributed by atoms with Crippen molar-refractivity contribution in [2.24, 2.45) is 0 Å². The van der Waals surface area contributed by atoms with Gasteiger partial charge in [-0.25, -0.2) is 9.97 Å². The first-order chi connectivity index (χ1) is 14.8. The number of aromatic nitrogens is 5. The standard InChI is InChI=1S/C21H24N6OS2/c1-15-19(18-7-10-26(25-18)14-17-6-2-3-11-28-17)30-20(24-15)23-13-16-5-4-9-27(16)21-22-8-12-29-21/h4-5,7-10,12,17H,2-3,6,11,13-14H2,1H3,(H,23,24). The molecule has 1 saturated heterocycles. The van der Waals surface area contributed by atoms with Crippen molar-refractivity contribution in [3.63, 3.8) is 0 Å². The third-order valence-corrected chi connectivity index (χ3v) is 7.12. The van der Waals surface area contributed by atoms with Crippen LogP contribution in [0.15, 0.2) is 42.2 Å². The zero-order chi connectivity index (χ0) is 20.3. The van der Waals surface area contributed by atoms with Gasteiger partial charge in [-0.3, -0.25) is 9.25 Å². The van der Waals surface area contributed by atoms with Crippen LogP contribution in [-0.2, 0) is 17.8 Å². The first kappa shape index (κ1) is 19.5. The van der Waals surface area contributed by atoms with Gasteiger partial charge in [0.15, 0.2) is 10.3 Å². The molecule has 0 bridgehead atoms. The summed E-state index contributed by atoms with van der Waals surface area (Å²) in [5.74, 6) is 0. The van der Waals surface area contributed by atoms with E-state index in [-0.39, 0.29) is 6.10 Å². The Bertz CT molecular complexity index is 1090. The summed E-state index contributed by atoms with van der Waals surface area (Å²) >= 11 is 3.27. The third-order valence-electron chi connectivity index (χ3n) is 5.21. The number of hydrogen-bond acceptors (Lipinski definition) is 7. The smallest absolute Gasteiger partial charge is 0.193 e. The van der Waals surface area contributed by atoms with Crippen LogP contribution in [0.5, 0.6) is 0 Å². The van der Waals surface area contributed by atoms with Crippen molar-refractivity contribution < 1.29 is 4.74 Å². The average Bonchev–Trinajstić information content (AvgIpc) is 3.54. The van der Waals surface area contributed by atoms with E-state index in [4.69, 9.17) is 14.8 Å². The maximum atomic E-state index is 5.84. The van der Waals surface area contributed by atoms with Gasteiger partial charge >= 0.3 is 0 Å². The molecule has 0 radical (unpaired) electrons. The lowest BCUT2D eigenvalue weighted by Gasteiger charge is -2.22. The van der Waals surface area contributed by atoms with Gasteiger partial charge < -0.3 is 10.1 Å². The molecule has 0 saturated carbocycles. The molecular weight excluding hydrogens is 416 g/mol. The van der Waals surface area contributed by atoms with Crippen LogP contribution in [0.2, 0.25) is 0 Å². The highest BCUT2D eigenvalue weighted by Crippen LogP contribution is 2.32. The van der Waals surface area contributed by atoms with E-state index < -0.39 is 0 Å². The molecule has 1 fully saturated rings. The third kappa shape index (κ3) is 4.19. The Kier molecular flexibility index (Phi) is 5.65. The average molecular weight is 441 g/mol. The largest absolute Gasteiger partial charge is 0.376 e. The van der Waals surface area contributed by atoms with Crippen molar-refractivity contribution in [1.82, 2.24) is 24.3 Å². The Hall–Kier alpha value is -2.49. The summed E-state index contributed by atoms with van der Waals surface area (Å²) in [6.45, 7) is 4.41. The number of thiazole rings is 2. The highest BCUT2D eigenvalue weighted by atomic mass is 32.1. The topological polar surface area (TPSA) is 69.8 Å². The van der Waals surface area contributed by atoms with Crippen LogP contribution < -0.4 is 5.32 Å². The van der Waals surface area contributed by atoms with Crippen molar-refractivity contribution >= 4 is 27.8 Å². The molecule has 5 rings (SSSR count). The zero-order valence-corrected chi connectivity index (χ0v) is 18.5. The zero-order valence-electron chi connectivity index (χ0n) is 16.8. The Morgan fingerprint density at radius 3 is 3.07 bits per heavy atom. The van der Waals surface area contributed by atoms with Crippen molar-refractivity contribution in [3.8, 4) is 15.7 Å². The van der Waals surface area contributed by atoms with E-state index in [0.717, 1.165) is 51.8 Å². The van der Waals surface area contributed by atoms with Crippen LogP contribution in [0.1, 0.15) is 30.7 Å². The molecule has 0 aliphatic carbocycles. The van der Waals surface area contributed by atoms with Gasteiger partial charge in [-0.05, 0) is 44.4 Å². The van der Waals surface area contributed by atoms with Gasteiger partial charge in [0.1, 0.15) is 5.69 Å². The Morgan fingerprint density at radius 1 is 1.27 bits per heavy atom. The molecule has 7 nitrogen and oxygen atoms in total. The van der Waals surface area contributed by atoms with Gasteiger partial charge in [0.05, 0.1) is 29.8 Å². The minimum atomic E-state index is 0.278. The molecule has 5 heterocycles. The Morgan fingerprint density at radius 2 is 2.23 bits per heavy atom. The maximum Gasteiger partial charge on any atom is 0.193 e. The lowest BCUT2D eigenvalue weighted by atomic mass is 10.1. The van der Waals surface area contributed by atoms with E-state index in [2.05, 4.69) is 27.0 Å². The van der Waals surface area contributed by atoms with E-state index >= 15 is 0 Å². The van der Waals surface area contributed by atoms with Crippen LogP contribution in [0, 0.1) is 6.92 Å². The summed E-state index contributed by atoms with van der Waals surface area (Å²) in [6.07, 6.45) is 9.72. The predicted octanol–water partition coefficient (Wildman–Crippen LogP) is 4.74. The van der Waals surface area contributed by atoms with Crippen LogP contribution in [0.25, 0.3) is 15.7 Å². The molecule has 1 N–H and O–H groups in total. The van der Waals surface area contributed by atoms with Gasteiger partial charge in [0.25, 0.3) is 0 Å². The molecular formula is C21H24N6OS2. The summed E-state index contributed by atoms with van der Waals surface area (Å²) in [4.78, 5) is 10.2. The van der Waals surface area contributed by atoms with Crippen molar-refractivity contribution in [1.29, 1.82) is 0 Å². The fraction of sp³-hybridized carbons (Fsp3) is 0.381. The van der Waals surface area contributed by atoms with Gasteiger partial charge in [0, 0.05) is 36.3 Å². The highest BCUT2D eigenvalue weighted by Gasteiger charge is 2.17. The molecule has 0 aromatic carbocycles. The van der Waals surface area contributed by atoms with Crippen LogP contribution in [-0.4, -0.2) is 37.0 Å². The molecule has 30 heavy (non-hydrogen) atoms. The Balaban J connectivity index is 1.26. The molecule has 4 aromatic heterocycles. The molecule has 1 atom stereocenters. The molecule has 0 spiro atoms. The number of nitrogens with zero attached hydrogens (tertiary/aromatic N) is 5. The second-order valence-corrected chi connectivity index (χ2v) is 9.25. The molecule has 1 aliphatic rings. The van der Waals surface area contributed by atoms with E-state index in [1.165, 1.54) is 12.8 Å². The summed E-state index contributed by atoms with van der Waals surface area (Å²) in [5, 5.41) is 12.1. The van der Waals surface area contributed by atoms with Crippen LogP contribution in [0.3, 0.4) is 0 Å². The first-order valence-corrected chi connectivity index (χ1v) is 11.9. The number of aryl methyl sites for hydroxylation is 1. The maximum absolute atomic E-state index is 5.84. The van der Waals surface area contributed by atoms with E-state index in [9.17, 15) is 0 Å². The predicted molar refractivity (Wildman–Crippen MR) is 120 cm³/mol. The quantitative estimate of drug-likeness (QED) is 0.449. The van der Waals surface area contributed by atoms with Gasteiger partial charge in [-0.1, -0.05) is 11.3 Å². The Labute approximate surface area is 183 Å². The normalized spacial score (nSPS) is 16.8. The van der Waals surface area contributed by atoms with Crippen molar-refractivity contribution in [2.75, 3.05) is 11.9 Å². The highest BCUT2D eigenvalue weighted by molar-refractivity contribution is 7.19. The van der Waals surface area contributed by atoms with Crippen molar-refractivity contribution in [2.45, 2.75) is 45.4 Å². The lowest BCUT2D eigenvalue weighted by Crippen LogP contribution is -2.24. The molecule has 0 amide bonds. The minimum Gasteiger partial charge on any atom is -0.376 e. The van der Waals surface area contributed by atoms with Gasteiger partial charge in [-0.15, -0.1) is 11.3 Å². The number of nitrogens with one attached hydrogen (secondary N) is 1. The summed E-state index contributed by atoms with van der Waals surface area (Å²) < 4.78 is 9.95. The lowest BCUT2D eigenvalue weighted by molar-refractivity contribution is 0.00403. The minimum absolute atomic E-state index is 0.278. The number of hydrogen-bond donors (Lipinski definition) is 1. The fourth-order valence-corrected chi connectivity index (χ4v) is 5.29. The monoisotopic (exact) mass is 440 g/mol. The van der Waals surface area contributed by atoms with Crippen LogP contribution in [0.4, 0.5) is 5.13 Å². The first-order valence-electron chi connectivity index (χ1n) is 10.2. The van der Waals surface area contributed by atoms with Gasteiger partial charge in [0.2, 0.25) is 0 Å². The fourth-order valence-electron chi connectivity index (χ4n) is 3.70. The number of anilines is 1. The number of rotatable bonds is 7. The second-order valence-electron chi connectivity index (χ2n) is 7.38. The molecule has 156 valence electrons. The van der Waals surface area contributed by atoms with E-state index in [1.807, 2.05) is 41.6 Å². The summed E-state index contributed by atoms with van der Waals surface area (Å²) in [5.41, 5.74) is 3.12. The number of ether oxygens (including phenoxy) is 1. The van der Waals surface area contributed by atoms with Crippen LogP contribution >= 0.6 is 22.7 Å². The molecule has 9 heteroatoms. The SMILES string of the molecule is Cc1nc(NCc2cccn2-c2nccs2)sc1-c1ccn(CC2CCCCO2)n1. The van der Waals surface area contributed by atoms with E-state index in [0.29, 0.717) is 6.54 Å². The summed E-state index contributed by atoms with van der Waals surface area (Å²) in [7, 11) is 0. The second kappa shape index (κ2) is 8.71. The van der Waals surface area contributed by atoms with Gasteiger partial charge in [-0.2, -0.15) is 5.10 Å². The molecule has 4 aromatic rings. The van der Waals surface area contributed by atoms with E-state index in [1.54, 1.807) is 22.7 Å². The molecule has 1 unspecified atom stereocenters.